The van der Waals surface area contributed by atoms with Gasteiger partial charge in [0, 0.05) is 0 Å². The summed E-state index contributed by atoms with van der Waals surface area (Å²) < 4.78 is 0. The van der Waals surface area contributed by atoms with Crippen molar-refractivity contribution in [2.75, 3.05) is 0 Å². The van der Waals surface area contributed by atoms with E-state index in [1.807, 2.05) is 0 Å². The van der Waals surface area contributed by atoms with E-state index in [4.69, 9.17) is 0 Å². The van der Waals surface area contributed by atoms with Gasteiger partial charge in [-0.25, -0.2) is 0 Å². The highest BCUT2D eigenvalue weighted by molar-refractivity contribution is 6.24. The van der Waals surface area contributed by atoms with Crippen LogP contribution in [0.15, 0.2) is 206 Å². The van der Waals surface area contributed by atoms with Gasteiger partial charge in [0.25, 0.3) is 0 Å². The van der Waals surface area contributed by atoms with Gasteiger partial charge in [-0.1, -0.05) is 188 Å². The van der Waals surface area contributed by atoms with E-state index in [0.29, 0.717) is 0 Å². The smallest absolute Gasteiger partial charge is 0.00201 e. The summed E-state index contributed by atoms with van der Waals surface area (Å²) in [6.07, 6.45) is 0. The Labute approximate surface area is 314 Å². The molecule has 0 aliphatic carbocycles. The van der Waals surface area contributed by atoms with E-state index in [2.05, 4.69) is 206 Å². The molecule has 0 radical (unpaired) electrons. The molecule has 0 saturated carbocycles. The number of hydrogen-bond acceptors (Lipinski definition) is 0. The highest BCUT2D eigenvalue weighted by Crippen LogP contribution is 2.47. The third kappa shape index (κ3) is 4.85. The summed E-state index contributed by atoms with van der Waals surface area (Å²) in [6, 6.07) is 76.2. The van der Waals surface area contributed by atoms with Gasteiger partial charge in [0.05, 0.1) is 0 Å². The highest BCUT2D eigenvalue weighted by atomic mass is 14.2. The highest BCUT2D eigenvalue weighted by Gasteiger charge is 2.19. The molecule has 0 aliphatic rings. The Balaban J connectivity index is 1.13. The minimum atomic E-state index is 1.23. The van der Waals surface area contributed by atoms with E-state index in [0.717, 1.165) is 0 Å². The minimum Gasteiger partial charge on any atom is -0.0616 e. The van der Waals surface area contributed by atoms with Crippen molar-refractivity contribution in [3.63, 3.8) is 0 Å². The Bertz CT molecular complexity index is 3210. The quantitative estimate of drug-likeness (QED) is 0.162. The number of rotatable bonds is 4. The van der Waals surface area contributed by atoms with Crippen LogP contribution in [0.5, 0.6) is 0 Å². The Morgan fingerprint density at radius 2 is 0.574 bits per heavy atom. The Kier molecular flexibility index (Phi) is 6.97. The maximum atomic E-state index is 2.39. The maximum absolute atomic E-state index is 2.39. The first-order valence-electron chi connectivity index (χ1n) is 18.8. The van der Waals surface area contributed by atoms with Crippen LogP contribution in [0, 0.1) is 0 Å². The number of benzene rings is 11. The van der Waals surface area contributed by atoms with E-state index >= 15 is 0 Å². The first kappa shape index (κ1) is 30.6. The molecule has 0 bridgehead atoms. The van der Waals surface area contributed by atoms with Crippen molar-refractivity contribution in [1.29, 1.82) is 0 Å². The summed E-state index contributed by atoms with van der Waals surface area (Å²) in [5.41, 5.74) is 10.0. The molecular weight excluding hydrogens is 649 g/mol. The molecule has 0 atom stereocenters. The molecule has 11 aromatic rings. The Morgan fingerprint density at radius 1 is 0.185 bits per heavy atom. The molecule has 0 aromatic heterocycles. The van der Waals surface area contributed by atoms with Gasteiger partial charge in [-0.05, 0) is 127 Å². The molecule has 0 aliphatic heterocycles. The van der Waals surface area contributed by atoms with Gasteiger partial charge in [-0.15, -0.1) is 0 Å². The van der Waals surface area contributed by atoms with Crippen molar-refractivity contribution in [2.24, 2.45) is 0 Å². The van der Waals surface area contributed by atoms with Gasteiger partial charge in [-0.3, -0.25) is 0 Å². The molecule has 0 heteroatoms. The van der Waals surface area contributed by atoms with Gasteiger partial charge < -0.3 is 0 Å². The lowest BCUT2D eigenvalue weighted by atomic mass is 9.83. The lowest BCUT2D eigenvalue weighted by Crippen LogP contribution is -1.92. The fraction of sp³-hybridized carbons (Fsp3) is 0. The predicted molar refractivity (Wildman–Crippen MR) is 233 cm³/mol. The van der Waals surface area contributed by atoms with Crippen LogP contribution in [0.25, 0.3) is 109 Å². The lowest BCUT2D eigenvalue weighted by Gasteiger charge is -2.20. The molecule has 250 valence electrons. The van der Waals surface area contributed by atoms with Gasteiger partial charge in [0.1, 0.15) is 0 Å². The molecule has 11 aromatic carbocycles. The van der Waals surface area contributed by atoms with Crippen LogP contribution in [0.1, 0.15) is 0 Å². The second kappa shape index (κ2) is 12.3. The van der Waals surface area contributed by atoms with Crippen LogP contribution in [0.2, 0.25) is 0 Å². The van der Waals surface area contributed by atoms with Crippen LogP contribution in [-0.4, -0.2) is 0 Å². The molecule has 0 unspecified atom stereocenters. The molecule has 0 amide bonds. The summed E-state index contributed by atoms with van der Waals surface area (Å²) >= 11 is 0. The molecule has 0 saturated heterocycles. The third-order valence-electron chi connectivity index (χ3n) is 11.4. The molecule has 54 heavy (non-hydrogen) atoms. The zero-order chi connectivity index (χ0) is 35.6. The predicted octanol–water partition coefficient (Wildman–Crippen LogP) is 15.3. The minimum absolute atomic E-state index is 1.23. The van der Waals surface area contributed by atoms with Crippen LogP contribution in [-0.2, 0) is 0 Å². The molecule has 0 N–H and O–H groups in total. The normalized spacial score (nSPS) is 11.7. The summed E-state index contributed by atoms with van der Waals surface area (Å²) in [5.74, 6) is 0. The zero-order valence-electron chi connectivity index (χ0n) is 29.6. The van der Waals surface area contributed by atoms with Crippen LogP contribution in [0.4, 0.5) is 0 Å². The van der Waals surface area contributed by atoms with Crippen molar-refractivity contribution in [2.45, 2.75) is 0 Å². The van der Waals surface area contributed by atoms with E-state index < -0.39 is 0 Å². The average Bonchev–Trinajstić information content (AvgIpc) is 3.24. The molecule has 0 fully saturated rings. The second-order valence-electron chi connectivity index (χ2n) is 14.4. The average molecular weight is 683 g/mol. The van der Waals surface area contributed by atoms with Gasteiger partial charge in [0.2, 0.25) is 0 Å². The first-order valence-corrected chi connectivity index (χ1v) is 18.8. The molecular formula is C54H34. The largest absolute Gasteiger partial charge is 0.0616 e. The van der Waals surface area contributed by atoms with E-state index in [1.165, 1.54) is 109 Å². The zero-order valence-corrected chi connectivity index (χ0v) is 29.6. The van der Waals surface area contributed by atoms with E-state index in [1.54, 1.807) is 0 Å². The topological polar surface area (TPSA) is 0 Å². The lowest BCUT2D eigenvalue weighted by molar-refractivity contribution is 1.66. The molecule has 0 spiro atoms. The first-order chi connectivity index (χ1) is 26.8. The van der Waals surface area contributed by atoms with Crippen molar-refractivity contribution in [3.05, 3.63) is 206 Å². The van der Waals surface area contributed by atoms with Crippen molar-refractivity contribution >= 4 is 64.6 Å². The standard InChI is InChI=1S/C54H34/c1-2-14-38-32-39(29-26-35(38)12-1)40-30-27-36-28-31-41(34-42(36)33-40)53-49-17-5-7-19-51(49)54(52-20-8-6-18-50(52)53)48-25-11-23-46-45(22-10-24-47(46)48)44-21-9-15-37-13-3-4-16-43(37)44/h1-34H. The van der Waals surface area contributed by atoms with Crippen molar-refractivity contribution < 1.29 is 0 Å². The van der Waals surface area contributed by atoms with Crippen LogP contribution >= 0.6 is 0 Å². The number of fused-ring (bicyclic) bond motifs is 6. The van der Waals surface area contributed by atoms with Crippen LogP contribution in [0.3, 0.4) is 0 Å². The third-order valence-corrected chi connectivity index (χ3v) is 11.4. The SMILES string of the molecule is c1ccc2cc(-c3ccc4ccc(-c5c6ccccc6c(-c6cccc7c(-c8cccc9ccccc89)cccc67)c6ccccc56)cc4c3)ccc2c1. The van der Waals surface area contributed by atoms with Crippen LogP contribution < -0.4 is 0 Å². The Hall–Kier alpha value is -7.02. The molecule has 11 rings (SSSR count). The van der Waals surface area contributed by atoms with Gasteiger partial charge >= 0.3 is 0 Å². The fourth-order valence-electron chi connectivity index (χ4n) is 8.90. The van der Waals surface area contributed by atoms with Gasteiger partial charge in [0.15, 0.2) is 0 Å². The van der Waals surface area contributed by atoms with Crippen molar-refractivity contribution in [1.82, 2.24) is 0 Å². The van der Waals surface area contributed by atoms with Gasteiger partial charge in [-0.2, -0.15) is 0 Å². The summed E-state index contributed by atoms with van der Waals surface area (Å²) in [6.45, 7) is 0. The van der Waals surface area contributed by atoms with E-state index in [9.17, 15) is 0 Å². The summed E-state index contributed by atoms with van der Waals surface area (Å²) in [4.78, 5) is 0. The fourth-order valence-corrected chi connectivity index (χ4v) is 8.90. The summed E-state index contributed by atoms with van der Waals surface area (Å²) in [5, 5.41) is 15.1. The second-order valence-corrected chi connectivity index (χ2v) is 14.4. The number of hydrogen-bond donors (Lipinski definition) is 0. The molecule has 0 nitrogen and oxygen atoms in total. The monoisotopic (exact) mass is 682 g/mol. The molecule has 0 heterocycles. The van der Waals surface area contributed by atoms with Crippen molar-refractivity contribution in [3.8, 4) is 44.5 Å². The van der Waals surface area contributed by atoms with E-state index in [-0.39, 0.29) is 0 Å². The maximum Gasteiger partial charge on any atom is -0.00201 e. The summed E-state index contributed by atoms with van der Waals surface area (Å²) in [7, 11) is 0. The Morgan fingerprint density at radius 3 is 1.24 bits per heavy atom.